The van der Waals surface area contributed by atoms with Crippen molar-refractivity contribution >= 4 is 46.4 Å². The maximum atomic E-state index is 12.7. The zero-order valence-electron chi connectivity index (χ0n) is 16.8. The van der Waals surface area contributed by atoms with E-state index in [-0.39, 0.29) is 18.2 Å². The summed E-state index contributed by atoms with van der Waals surface area (Å²) in [7, 11) is 0. The molecule has 0 radical (unpaired) electrons. The van der Waals surface area contributed by atoms with Gasteiger partial charge in [0.1, 0.15) is 0 Å². The molecule has 2 amide bonds. The Morgan fingerprint density at radius 2 is 1.58 bits per heavy atom. The van der Waals surface area contributed by atoms with Gasteiger partial charge in [-0.3, -0.25) is 9.59 Å². The van der Waals surface area contributed by atoms with Crippen molar-refractivity contribution in [2.45, 2.75) is 12.8 Å². The number of rotatable bonds is 5. The SMILES string of the molecule is O=C(Cc1csc(Cc2ccccc2)n1)N1CCN(C(=O)c2cc(Cl)cc(Cl)c2)CC1. The number of halogens is 2. The first-order chi connectivity index (χ1) is 15.0. The number of thiazole rings is 1. The molecule has 31 heavy (non-hydrogen) atoms. The Bertz CT molecular complexity index is 1060. The molecule has 1 fully saturated rings. The smallest absolute Gasteiger partial charge is 0.254 e. The first kappa shape index (κ1) is 21.8. The lowest BCUT2D eigenvalue weighted by molar-refractivity contribution is -0.132. The Morgan fingerprint density at radius 3 is 2.26 bits per heavy atom. The lowest BCUT2D eigenvalue weighted by Crippen LogP contribution is -2.51. The zero-order chi connectivity index (χ0) is 21.8. The van der Waals surface area contributed by atoms with Gasteiger partial charge in [-0.25, -0.2) is 4.98 Å². The Labute approximate surface area is 195 Å². The average molecular weight is 474 g/mol. The van der Waals surface area contributed by atoms with Crippen LogP contribution in [-0.2, 0) is 17.6 Å². The van der Waals surface area contributed by atoms with Crippen LogP contribution in [0.3, 0.4) is 0 Å². The van der Waals surface area contributed by atoms with Gasteiger partial charge in [-0.2, -0.15) is 0 Å². The molecule has 0 spiro atoms. The van der Waals surface area contributed by atoms with E-state index in [2.05, 4.69) is 17.1 Å². The molecule has 2 aromatic carbocycles. The number of hydrogen-bond donors (Lipinski definition) is 0. The van der Waals surface area contributed by atoms with Crippen molar-refractivity contribution in [3.05, 3.63) is 85.8 Å². The van der Waals surface area contributed by atoms with E-state index < -0.39 is 0 Å². The van der Waals surface area contributed by atoms with Gasteiger partial charge in [0.25, 0.3) is 5.91 Å². The van der Waals surface area contributed by atoms with Crippen molar-refractivity contribution in [2.75, 3.05) is 26.2 Å². The van der Waals surface area contributed by atoms with Crippen molar-refractivity contribution in [1.29, 1.82) is 0 Å². The van der Waals surface area contributed by atoms with E-state index in [0.717, 1.165) is 17.1 Å². The van der Waals surface area contributed by atoms with Crippen LogP contribution in [-0.4, -0.2) is 52.8 Å². The quantitative estimate of drug-likeness (QED) is 0.545. The third-order valence-corrected chi connectivity index (χ3v) is 6.49. The van der Waals surface area contributed by atoms with Crippen LogP contribution in [0.2, 0.25) is 10.0 Å². The van der Waals surface area contributed by atoms with E-state index in [1.165, 1.54) is 5.56 Å². The van der Waals surface area contributed by atoms with Crippen LogP contribution in [0.5, 0.6) is 0 Å². The Hall–Kier alpha value is -2.41. The second-order valence-electron chi connectivity index (χ2n) is 7.40. The number of benzene rings is 2. The maximum Gasteiger partial charge on any atom is 0.254 e. The number of nitrogens with zero attached hydrogens (tertiary/aromatic N) is 3. The number of carbonyl (C=O) groups excluding carboxylic acids is 2. The minimum Gasteiger partial charge on any atom is -0.339 e. The molecular formula is C23H21Cl2N3O2S. The maximum absolute atomic E-state index is 12.7. The van der Waals surface area contributed by atoms with Crippen molar-refractivity contribution < 1.29 is 9.59 Å². The fourth-order valence-corrected chi connectivity index (χ4v) is 4.92. The molecule has 160 valence electrons. The van der Waals surface area contributed by atoms with E-state index in [4.69, 9.17) is 23.2 Å². The van der Waals surface area contributed by atoms with Gasteiger partial charge in [0.15, 0.2) is 0 Å². The minimum atomic E-state index is -0.124. The van der Waals surface area contributed by atoms with E-state index >= 15 is 0 Å². The van der Waals surface area contributed by atoms with Crippen LogP contribution in [0.25, 0.3) is 0 Å². The Balaban J connectivity index is 1.30. The molecule has 8 heteroatoms. The molecular weight excluding hydrogens is 453 g/mol. The highest BCUT2D eigenvalue weighted by Crippen LogP contribution is 2.21. The van der Waals surface area contributed by atoms with Gasteiger partial charge in [-0.1, -0.05) is 53.5 Å². The second kappa shape index (κ2) is 9.81. The van der Waals surface area contributed by atoms with Gasteiger partial charge in [0.05, 0.1) is 17.1 Å². The van der Waals surface area contributed by atoms with E-state index in [9.17, 15) is 9.59 Å². The van der Waals surface area contributed by atoms with E-state index in [0.29, 0.717) is 41.8 Å². The molecule has 0 bridgehead atoms. The summed E-state index contributed by atoms with van der Waals surface area (Å²) >= 11 is 13.6. The van der Waals surface area contributed by atoms with Crippen molar-refractivity contribution in [3.8, 4) is 0 Å². The zero-order valence-corrected chi connectivity index (χ0v) is 19.1. The lowest BCUT2D eigenvalue weighted by Gasteiger charge is -2.34. The highest BCUT2D eigenvalue weighted by Gasteiger charge is 2.25. The predicted molar refractivity (Wildman–Crippen MR) is 124 cm³/mol. The van der Waals surface area contributed by atoms with Gasteiger partial charge >= 0.3 is 0 Å². The Kier molecular flexibility index (Phi) is 6.90. The van der Waals surface area contributed by atoms with Crippen LogP contribution in [0.1, 0.15) is 26.6 Å². The molecule has 1 saturated heterocycles. The van der Waals surface area contributed by atoms with Gasteiger partial charge in [-0.15, -0.1) is 11.3 Å². The molecule has 1 aliphatic rings. The highest BCUT2D eigenvalue weighted by atomic mass is 35.5. The molecule has 3 aromatic rings. The normalized spacial score (nSPS) is 14.0. The molecule has 1 aromatic heterocycles. The number of carbonyl (C=O) groups is 2. The summed E-state index contributed by atoms with van der Waals surface area (Å²) < 4.78 is 0. The fourth-order valence-electron chi connectivity index (χ4n) is 3.57. The Morgan fingerprint density at radius 1 is 0.935 bits per heavy atom. The van der Waals surface area contributed by atoms with Crippen LogP contribution in [0, 0.1) is 0 Å². The van der Waals surface area contributed by atoms with Crippen LogP contribution in [0.15, 0.2) is 53.9 Å². The third kappa shape index (κ3) is 5.64. The molecule has 0 saturated carbocycles. The molecule has 5 nitrogen and oxygen atoms in total. The molecule has 1 aliphatic heterocycles. The van der Waals surface area contributed by atoms with Crippen LogP contribution in [0.4, 0.5) is 0 Å². The first-order valence-electron chi connectivity index (χ1n) is 9.98. The highest BCUT2D eigenvalue weighted by molar-refractivity contribution is 7.09. The van der Waals surface area contributed by atoms with E-state index in [1.54, 1.807) is 39.3 Å². The number of amides is 2. The average Bonchev–Trinajstić information content (AvgIpc) is 3.20. The molecule has 0 N–H and O–H groups in total. The molecule has 4 rings (SSSR count). The summed E-state index contributed by atoms with van der Waals surface area (Å²) in [5.74, 6) is -0.0870. The predicted octanol–water partition coefficient (Wildman–Crippen LogP) is 4.57. The molecule has 0 aliphatic carbocycles. The monoisotopic (exact) mass is 473 g/mol. The standard InChI is InChI=1S/C23H21Cl2N3O2S/c24-18-11-17(12-19(25)13-18)23(30)28-8-6-27(7-9-28)22(29)14-20-15-31-21(26-20)10-16-4-2-1-3-5-16/h1-5,11-13,15H,6-10,14H2. The molecule has 2 heterocycles. The first-order valence-corrected chi connectivity index (χ1v) is 11.6. The summed E-state index contributed by atoms with van der Waals surface area (Å²) in [5.41, 5.74) is 2.47. The summed E-state index contributed by atoms with van der Waals surface area (Å²) in [6.45, 7) is 1.95. The van der Waals surface area contributed by atoms with Gasteiger partial charge in [0.2, 0.25) is 5.91 Å². The summed E-state index contributed by atoms with van der Waals surface area (Å²) in [6.07, 6.45) is 1.05. The van der Waals surface area contributed by atoms with Crippen molar-refractivity contribution in [1.82, 2.24) is 14.8 Å². The third-order valence-electron chi connectivity index (χ3n) is 5.16. The minimum absolute atomic E-state index is 0.0365. The number of piperazine rings is 1. The number of hydrogen-bond acceptors (Lipinski definition) is 4. The summed E-state index contributed by atoms with van der Waals surface area (Å²) in [4.78, 5) is 33.6. The topological polar surface area (TPSA) is 53.5 Å². The van der Waals surface area contributed by atoms with Crippen LogP contribution < -0.4 is 0 Å². The summed E-state index contributed by atoms with van der Waals surface area (Å²) in [6, 6.07) is 15.0. The van der Waals surface area contributed by atoms with Gasteiger partial charge in [-0.05, 0) is 23.8 Å². The second-order valence-corrected chi connectivity index (χ2v) is 9.22. The van der Waals surface area contributed by atoms with Crippen molar-refractivity contribution in [3.63, 3.8) is 0 Å². The largest absolute Gasteiger partial charge is 0.339 e. The summed E-state index contributed by atoms with van der Waals surface area (Å²) in [5, 5.41) is 3.82. The van der Waals surface area contributed by atoms with E-state index in [1.807, 2.05) is 23.6 Å². The fraction of sp³-hybridized carbons (Fsp3) is 0.261. The van der Waals surface area contributed by atoms with Gasteiger partial charge < -0.3 is 9.80 Å². The van der Waals surface area contributed by atoms with Crippen molar-refractivity contribution in [2.24, 2.45) is 0 Å². The van der Waals surface area contributed by atoms with Gasteiger partial charge in [0, 0.05) is 53.6 Å². The number of aromatic nitrogens is 1. The molecule has 0 atom stereocenters. The lowest BCUT2D eigenvalue weighted by atomic mass is 10.1. The molecule has 0 unspecified atom stereocenters. The van der Waals surface area contributed by atoms with Crippen LogP contribution >= 0.6 is 34.5 Å².